The Hall–Kier alpha value is -5.44. The zero-order valence-electron chi connectivity index (χ0n) is 27.1. The van der Waals surface area contributed by atoms with Gasteiger partial charge in [0.25, 0.3) is 0 Å². The molecule has 0 aliphatic carbocycles. The number of pyridine rings is 2. The molecule has 8 aromatic rings. The first-order valence-corrected chi connectivity index (χ1v) is 16.7. The number of para-hydroxylation sites is 2. The zero-order valence-corrected chi connectivity index (χ0v) is 27.1. The van der Waals surface area contributed by atoms with Gasteiger partial charge in [0.05, 0.1) is 22.4 Å². The highest BCUT2D eigenvalue weighted by molar-refractivity contribution is 6.09. The van der Waals surface area contributed by atoms with Crippen LogP contribution in [0.3, 0.4) is 0 Å². The van der Waals surface area contributed by atoms with Crippen LogP contribution in [-0.2, 0) is 26.2 Å². The van der Waals surface area contributed by atoms with Crippen molar-refractivity contribution >= 4 is 43.6 Å². The third-order valence-electron chi connectivity index (χ3n) is 9.44. The van der Waals surface area contributed by atoms with E-state index in [1.165, 1.54) is 24.3 Å². The molecule has 4 aromatic carbocycles. The van der Waals surface area contributed by atoms with Gasteiger partial charge in [0, 0.05) is 77.7 Å². The highest BCUT2D eigenvalue weighted by Crippen LogP contribution is 2.34. The van der Waals surface area contributed by atoms with Gasteiger partial charge in [-0.1, -0.05) is 60.7 Å². The first kappa shape index (κ1) is 30.9. The number of halogens is 2. The highest BCUT2D eigenvalue weighted by Gasteiger charge is 2.21. The van der Waals surface area contributed by atoms with Crippen LogP contribution in [0.15, 0.2) is 122 Å². The van der Waals surface area contributed by atoms with Gasteiger partial charge >= 0.3 is 0 Å². The van der Waals surface area contributed by atoms with Gasteiger partial charge in [0.1, 0.15) is 11.6 Å². The Bertz CT molecular complexity index is 2240. The number of benzene rings is 4. The molecule has 0 radical (unpaired) electrons. The number of aromatic nitrogens is 4. The molecule has 0 saturated carbocycles. The van der Waals surface area contributed by atoms with Crippen molar-refractivity contribution in [1.29, 1.82) is 0 Å². The number of hydrogen-bond donors (Lipinski definition) is 1. The normalized spacial score (nSPS) is 11.9. The summed E-state index contributed by atoms with van der Waals surface area (Å²) in [4.78, 5) is 12.3. The molecule has 4 heterocycles. The standard InChI is InChI=1S/C41H36F2N6/c42-30-14-10-28(11-15-30)24-48-38-8-3-1-6-32(38)34-18-21-45-36(40(34)48)26-47(23-5-20-44)27-37-41-35(19-22-46-37)33-7-2-4-9-39(33)49(41)25-29-12-16-31(43)17-13-29/h1-4,6-19,21-22H,5,20,23-27,44H2. The minimum atomic E-state index is -0.246. The average Bonchev–Trinajstić information content (AvgIpc) is 3.62. The lowest BCUT2D eigenvalue weighted by Crippen LogP contribution is -2.27. The molecule has 0 saturated heterocycles. The largest absolute Gasteiger partial charge is 0.334 e. The molecular weight excluding hydrogens is 614 g/mol. The SMILES string of the molecule is NCCCN(Cc1nccc2c3ccccc3n(Cc3ccc(F)cc3)c12)Cc1nccc2c3ccccc3n(Cc3ccc(F)cc3)c12. The molecule has 0 amide bonds. The molecule has 0 unspecified atom stereocenters. The smallest absolute Gasteiger partial charge is 0.123 e. The minimum absolute atomic E-state index is 0.246. The molecule has 0 atom stereocenters. The Morgan fingerprint density at radius 2 is 1.00 bits per heavy atom. The molecule has 8 heteroatoms. The molecule has 4 aromatic heterocycles. The lowest BCUT2D eigenvalue weighted by molar-refractivity contribution is 0.250. The maximum Gasteiger partial charge on any atom is 0.123 e. The summed E-state index contributed by atoms with van der Waals surface area (Å²) in [5.74, 6) is -0.492. The first-order valence-electron chi connectivity index (χ1n) is 16.7. The second-order valence-electron chi connectivity index (χ2n) is 12.6. The number of nitrogens with two attached hydrogens (primary N) is 1. The Balaban J connectivity index is 1.22. The van der Waals surface area contributed by atoms with E-state index < -0.39 is 0 Å². The summed E-state index contributed by atoms with van der Waals surface area (Å²) in [5.41, 5.74) is 14.4. The maximum absolute atomic E-state index is 13.8. The quantitative estimate of drug-likeness (QED) is 0.153. The van der Waals surface area contributed by atoms with Gasteiger partial charge in [-0.15, -0.1) is 0 Å². The molecule has 6 nitrogen and oxygen atoms in total. The van der Waals surface area contributed by atoms with Crippen molar-refractivity contribution in [1.82, 2.24) is 24.0 Å². The summed E-state index contributed by atoms with van der Waals surface area (Å²) in [7, 11) is 0. The highest BCUT2D eigenvalue weighted by atomic mass is 19.1. The molecule has 2 N–H and O–H groups in total. The summed E-state index contributed by atoms with van der Waals surface area (Å²) < 4.78 is 32.2. The van der Waals surface area contributed by atoms with Crippen molar-refractivity contribution in [3.63, 3.8) is 0 Å². The van der Waals surface area contributed by atoms with E-state index in [2.05, 4.69) is 74.7 Å². The fraction of sp³-hybridized carbons (Fsp3) is 0.171. The molecule has 49 heavy (non-hydrogen) atoms. The zero-order chi connectivity index (χ0) is 33.3. The van der Waals surface area contributed by atoms with Gasteiger partial charge in [0.15, 0.2) is 0 Å². The van der Waals surface area contributed by atoms with Crippen LogP contribution in [0, 0.1) is 11.6 Å². The van der Waals surface area contributed by atoms with Crippen molar-refractivity contribution in [3.8, 4) is 0 Å². The Morgan fingerprint density at radius 1 is 0.551 bits per heavy atom. The predicted octanol–water partition coefficient (Wildman–Crippen LogP) is 8.42. The van der Waals surface area contributed by atoms with Gasteiger partial charge in [-0.25, -0.2) is 8.78 Å². The van der Waals surface area contributed by atoms with Crippen molar-refractivity contribution < 1.29 is 8.78 Å². The monoisotopic (exact) mass is 650 g/mol. The van der Waals surface area contributed by atoms with Crippen LogP contribution < -0.4 is 5.73 Å². The number of rotatable bonds is 11. The van der Waals surface area contributed by atoms with Crippen LogP contribution >= 0.6 is 0 Å². The lowest BCUT2D eigenvalue weighted by atomic mass is 10.1. The number of hydrogen-bond acceptors (Lipinski definition) is 4. The van der Waals surface area contributed by atoms with E-state index in [4.69, 9.17) is 15.7 Å². The van der Waals surface area contributed by atoms with E-state index in [1.807, 2.05) is 36.7 Å². The first-order chi connectivity index (χ1) is 24.1. The minimum Gasteiger partial charge on any atom is -0.334 e. The molecule has 0 fully saturated rings. The average molecular weight is 651 g/mol. The number of fused-ring (bicyclic) bond motifs is 6. The second-order valence-corrected chi connectivity index (χ2v) is 12.6. The summed E-state index contributed by atoms with van der Waals surface area (Å²) in [6.07, 6.45) is 4.61. The van der Waals surface area contributed by atoms with Crippen molar-refractivity contribution in [2.24, 2.45) is 5.73 Å². The molecule has 0 aliphatic heterocycles. The summed E-state index contributed by atoms with van der Waals surface area (Å²) in [6, 6.07) is 34.4. The lowest BCUT2D eigenvalue weighted by Gasteiger charge is -2.23. The van der Waals surface area contributed by atoms with E-state index in [1.54, 1.807) is 0 Å². The topological polar surface area (TPSA) is 64.9 Å². The van der Waals surface area contributed by atoms with Gasteiger partial charge < -0.3 is 14.9 Å². The Morgan fingerprint density at radius 3 is 1.45 bits per heavy atom. The van der Waals surface area contributed by atoms with Crippen LogP contribution in [-0.4, -0.2) is 37.1 Å². The van der Waals surface area contributed by atoms with Crippen LogP contribution in [0.1, 0.15) is 28.9 Å². The summed E-state index contributed by atoms with van der Waals surface area (Å²) in [6.45, 7) is 3.71. The third-order valence-corrected chi connectivity index (χ3v) is 9.44. The van der Waals surface area contributed by atoms with Gasteiger partial charge in [-0.05, 0) is 72.6 Å². The van der Waals surface area contributed by atoms with Crippen LogP contribution in [0.4, 0.5) is 8.78 Å². The van der Waals surface area contributed by atoms with Crippen molar-refractivity contribution in [3.05, 3.63) is 156 Å². The predicted molar refractivity (Wildman–Crippen MR) is 193 cm³/mol. The molecule has 0 aliphatic rings. The fourth-order valence-electron chi connectivity index (χ4n) is 7.20. The van der Waals surface area contributed by atoms with E-state index in [9.17, 15) is 8.78 Å². The van der Waals surface area contributed by atoms with E-state index >= 15 is 0 Å². The van der Waals surface area contributed by atoms with E-state index in [-0.39, 0.29) is 11.6 Å². The van der Waals surface area contributed by atoms with Gasteiger partial charge in [-0.3, -0.25) is 14.9 Å². The second kappa shape index (κ2) is 13.2. The van der Waals surface area contributed by atoms with Crippen LogP contribution in [0.2, 0.25) is 0 Å². The summed E-state index contributed by atoms with van der Waals surface area (Å²) >= 11 is 0. The van der Waals surface area contributed by atoms with Crippen molar-refractivity contribution in [2.45, 2.75) is 32.6 Å². The van der Waals surface area contributed by atoms with Crippen LogP contribution in [0.5, 0.6) is 0 Å². The van der Waals surface area contributed by atoms with Crippen LogP contribution in [0.25, 0.3) is 43.6 Å². The Kier molecular flexibility index (Phi) is 8.33. The van der Waals surface area contributed by atoms with Gasteiger partial charge in [0.2, 0.25) is 0 Å². The fourth-order valence-corrected chi connectivity index (χ4v) is 7.20. The summed E-state index contributed by atoms with van der Waals surface area (Å²) in [5, 5.41) is 4.60. The number of nitrogens with zero attached hydrogens (tertiary/aromatic N) is 5. The molecular formula is C41H36F2N6. The van der Waals surface area contributed by atoms with E-state index in [0.717, 1.165) is 79.1 Å². The molecule has 244 valence electrons. The maximum atomic E-state index is 13.8. The Labute approximate surface area is 283 Å². The third kappa shape index (κ3) is 5.94. The van der Waals surface area contributed by atoms with Gasteiger partial charge in [-0.2, -0.15) is 0 Å². The molecule has 8 rings (SSSR count). The molecule has 0 spiro atoms. The molecule has 0 bridgehead atoms. The van der Waals surface area contributed by atoms with E-state index in [0.29, 0.717) is 32.7 Å². The van der Waals surface area contributed by atoms with Crippen molar-refractivity contribution in [2.75, 3.05) is 13.1 Å².